The first-order chi connectivity index (χ1) is 10.1. The van der Waals surface area contributed by atoms with Crippen molar-refractivity contribution < 1.29 is 19.4 Å². The molecule has 1 amide bonds. The highest BCUT2D eigenvalue weighted by molar-refractivity contribution is 6.30. The average molecular weight is 313 g/mol. The number of rotatable bonds is 6. The van der Waals surface area contributed by atoms with E-state index < -0.39 is 12.0 Å². The fourth-order valence-corrected chi connectivity index (χ4v) is 2.43. The van der Waals surface area contributed by atoms with Gasteiger partial charge in [-0.15, -0.1) is 0 Å². The van der Waals surface area contributed by atoms with Crippen LogP contribution in [0.25, 0.3) is 0 Å². The summed E-state index contributed by atoms with van der Waals surface area (Å²) < 4.78 is 5.57. The van der Waals surface area contributed by atoms with Gasteiger partial charge in [-0.2, -0.15) is 0 Å². The predicted octanol–water partition coefficient (Wildman–Crippen LogP) is 0.994. The number of carbonyl (C=O) groups is 2. The number of ether oxygens (including phenoxy) is 1. The number of carboxylic acids is 1. The quantitative estimate of drug-likeness (QED) is 0.819. The van der Waals surface area contributed by atoms with Crippen LogP contribution in [-0.2, 0) is 9.59 Å². The zero-order valence-electron chi connectivity index (χ0n) is 11.4. The van der Waals surface area contributed by atoms with Crippen molar-refractivity contribution in [2.45, 2.75) is 12.5 Å². The zero-order valence-corrected chi connectivity index (χ0v) is 12.2. The second kappa shape index (κ2) is 7.28. The molecule has 2 rings (SSSR count). The van der Waals surface area contributed by atoms with Gasteiger partial charge in [0.25, 0.3) is 0 Å². The molecule has 1 saturated heterocycles. The summed E-state index contributed by atoms with van der Waals surface area (Å²) in [5, 5.41) is 12.2. The number of aliphatic carboxylic acids is 1. The summed E-state index contributed by atoms with van der Waals surface area (Å²) in [5.41, 5.74) is 0. The Balaban J connectivity index is 1.88. The molecule has 0 bridgehead atoms. The second-order valence-electron chi connectivity index (χ2n) is 4.75. The zero-order chi connectivity index (χ0) is 15.2. The van der Waals surface area contributed by atoms with Gasteiger partial charge in [0.1, 0.15) is 12.4 Å². The maximum atomic E-state index is 11.7. The van der Waals surface area contributed by atoms with E-state index in [2.05, 4.69) is 5.32 Å². The van der Waals surface area contributed by atoms with Gasteiger partial charge >= 0.3 is 5.97 Å². The lowest BCUT2D eigenvalue weighted by molar-refractivity contribution is -0.143. The van der Waals surface area contributed by atoms with E-state index in [9.17, 15) is 9.59 Å². The molecule has 0 saturated carbocycles. The lowest BCUT2D eigenvalue weighted by atomic mass is 10.1. The number of carbonyl (C=O) groups excluding carboxylic acids is 1. The van der Waals surface area contributed by atoms with Gasteiger partial charge in [0.15, 0.2) is 0 Å². The van der Waals surface area contributed by atoms with E-state index in [4.69, 9.17) is 21.4 Å². The van der Waals surface area contributed by atoms with Crippen molar-refractivity contribution in [3.8, 4) is 5.75 Å². The van der Waals surface area contributed by atoms with E-state index >= 15 is 0 Å². The summed E-state index contributed by atoms with van der Waals surface area (Å²) in [7, 11) is 0. The maximum absolute atomic E-state index is 11.7. The highest BCUT2D eigenvalue weighted by atomic mass is 35.5. The van der Waals surface area contributed by atoms with Crippen molar-refractivity contribution in [2.24, 2.45) is 0 Å². The summed E-state index contributed by atoms with van der Waals surface area (Å²) in [6, 6.07) is 6.41. The fraction of sp³-hybridized carbons (Fsp3) is 0.429. The van der Waals surface area contributed by atoms with Crippen molar-refractivity contribution in [3.05, 3.63) is 29.3 Å². The molecule has 1 fully saturated rings. The second-order valence-corrected chi connectivity index (χ2v) is 5.18. The van der Waals surface area contributed by atoms with Crippen molar-refractivity contribution in [2.75, 3.05) is 26.2 Å². The molecule has 0 aromatic heterocycles. The van der Waals surface area contributed by atoms with Crippen LogP contribution in [0.3, 0.4) is 0 Å². The van der Waals surface area contributed by atoms with Crippen molar-refractivity contribution in [1.29, 1.82) is 0 Å². The number of nitrogens with one attached hydrogen (secondary N) is 1. The Morgan fingerprint density at radius 3 is 3.05 bits per heavy atom. The van der Waals surface area contributed by atoms with Crippen LogP contribution in [0, 0.1) is 0 Å². The Morgan fingerprint density at radius 1 is 1.52 bits per heavy atom. The number of benzene rings is 1. The summed E-state index contributed by atoms with van der Waals surface area (Å²) in [4.78, 5) is 24.4. The normalized spacial score (nSPS) is 19.1. The van der Waals surface area contributed by atoms with Crippen LogP contribution in [-0.4, -0.2) is 54.2 Å². The van der Waals surface area contributed by atoms with E-state index in [0.717, 1.165) is 0 Å². The third-order valence-corrected chi connectivity index (χ3v) is 3.49. The first-order valence-electron chi connectivity index (χ1n) is 6.68. The SMILES string of the molecule is O=C(O)CC1C(=O)NCCN1CCOc1cccc(Cl)c1. The fourth-order valence-electron chi connectivity index (χ4n) is 2.25. The molecule has 2 N–H and O–H groups in total. The first-order valence-corrected chi connectivity index (χ1v) is 7.06. The molecular formula is C14H17ClN2O4. The molecule has 1 aliphatic heterocycles. The van der Waals surface area contributed by atoms with Gasteiger partial charge in [0.05, 0.1) is 12.5 Å². The molecule has 1 atom stereocenters. The third kappa shape index (κ3) is 4.61. The monoisotopic (exact) mass is 312 g/mol. The standard InChI is InChI=1S/C14H17ClN2O4/c15-10-2-1-3-11(8-10)21-7-6-17-5-4-16-14(20)12(17)9-13(18)19/h1-3,8,12H,4-7,9H2,(H,16,20)(H,18,19). The molecule has 114 valence electrons. The lowest BCUT2D eigenvalue weighted by Crippen LogP contribution is -2.56. The molecule has 0 aliphatic carbocycles. The number of amides is 1. The highest BCUT2D eigenvalue weighted by Crippen LogP contribution is 2.17. The van der Waals surface area contributed by atoms with E-state index in [0.29, 0.717) is 37.0 Å². The smallest absolute Gasteiger partial charge is 0.305 e. The van der Waals surface area contributed by atoms with Gasteiger partial charge < -0.3 is 15.2 Å². The Labute approximate surface area is 127 Å². The number of hydrogen-bond donors (Lipinski definition) is 2. The number of hydrogen-bond acceptors (Lipinski definition) is 4. The van der Waals surface area contributed by atoms with Gasteiger partial charge in [-0.25, -0.2) is 0 Å². The van der Waals surface area contributed by atoms with Crippen LogP contribution >= 0.6 is 11.6 Å². The average Bonchev–Trinajstić information content (AvgIpc) is 2.42. The van der Waals surface area contributed by atoms with Crippen LogP contribution < -0.4 is 10.1 Å². The van der Waals surface area contributed by atoms with Gasteiger partial charge in [-0.1, -0.05) is 17.7 Å². The molecule has 7 heteroatoms. The Bertz CT molecular complexity index is 523. The molecule has 6 nitrogen and oxygen atoms in total. The summed E-state index contributed by atoms with van der Waals surface area (Å²) in [6.07, 6.45) is -0.205. The molecule has 0 radical (unpaired) electrons. The Hall–Kier alpha value is -1.79. The van der Waals surface area contributed by atoms with Gasteiger partial charge in [0.2, 0.25) is 5.91 Å². The molecule has 1 unspecified atom stereocenters. The Kier molecular flexibility index (Phi) is 5.41. The number of piperazine rings is 1. The Morgan fingerprint density at radius 2 is 2.33 bits per heavy atom. The number of nitrogens with zero attached hydrogens (tertiary/aromatic N) is 1. The molecule has 1 aromatic carbocycles. The molecule has 0 spiro atoms. The van der Waals surface area contributed by atoms with Crippen molar-refractivity contribution in [1.82, 2.24) is 10.2 Å². The maximum Gasteiger partial charge on any atom is 0.305 e. The minimum absolute atomic E-state index is 0.205. The van der Waals surface area contributed by atoms with E-state index in [-0.39, 0.29) is 12.3 Å². The first kappa shape index (κ1) is 15.6. The highest BCUT2D eigenvalue weighted by Gasteiger charge is 2.31. The molecular weight excluding hydrogens is 296 g/mol. The van der Waals surface area contributed by atoms with Crippen LogP contribution in [0.2, 0.25) is 5.02 Å². The van der Waals surface area contributed by atoms with Crippen LogP contribution in [0.1, 0.15) is 6.42 Å². The van der Waals surface area contributed by atoms with Crippen LogP contribution in [0.5, 0.6) is 5.75 Å². The predicted molar refractivity (Wildman–Crippen MR) is 77.6 cm³/mol. The van der Waals surface area contributed by atoms with E-state index in [1.807, 2.05) is 4.90 Å². The summed E-state index contributed by atoms with van der Waals surface area (Å²) in [6.45, 7) is 1.98. The van der Waals surface area contributed by atoms with Crippen LogP contribution in [0.4, 0.5) is 0 Å². The van der Waals surface area contributed by atoms with Gasteiger partial charge in [-0.05, 0) is 18.2 Å². The summed E-state index contributed by atoms with van der Waals surface area (Å²) >= 11 is 5.86. The summed E-state index contributed by atoms with van der Waals surface area (Å²) in [5.74, 6) is -0.581. The molecule has 1 aliphatic rings. The number of carboxylic acid groups (broad SMARTS) is 1. The number of halogens is 1. The topological polar surface area (TPSA) is 78.9 Å². The lowest BCUT2D eigenvalue weighted by Gasteiger charge is -2.33. The van der Waals surface area contributed by atoms with E-state index in [1.165, 1.54) is 0 Å². The van der Waals surface area contributed by atoms with Crippen molar-refractivity contribution >= 4 is 23.5 Å². The van der Waals surface area contributed by atoms with Gasteiger partial charge in [0, 0.05) is 24.7 Å². The van der Waals surface area contributed by atoms with Crippen molar-refractivity contribution in [3.63, 3.8) is 0 Å². The minimum atomic E-state index is -0.988. The van der Waals surface area contributed by atoms with E-state index in [1.54, 1.807) is 24.3 Å². The minimum Gasteiger partial charge on any atom is -0.492 e. The largest absolute Gasteiger partial charge is 0.492 e. The van der Waals surface area contributed by atoms with Gasteiger partial charge in [-0.3, -0.25) is 14.5 Å². The molecule has 1 heterocycles. The third-order valence-electron chi connectivity index (χ3n) is 3.25. The molecule has 21 heavy (non-hydrogen) atoms. The molecule has 1 aromatic rings. The van der Waals surface area contributed by atoms with Crippen LogP contribution in [0.15, 0.2) is 24.3 Å².